The van der Waals surface area contributed by atoms with Crippen LogP contribution in [0.25, 0.3) is 11.0 Å². The first-order chi connectivity index (χ1) is 6.35. The van der Waals surface area contributed by atoms with E-state index < -0.39 is 0 Å². The van der Waals surface area contributed by atoms with Gasteiger partial charge in [-0.2, -0.15) is 4.98 Å². The van der Waals surface area contributed by atoms with Crippen LogP contribution in [0, 0.1) is 0 Å². The van der Waals surface area contributed by atoms with Gasteiger partial charge in [-0.05, 0) is 11.6 Å². The molecule has 1 aromatic heterocycles. The van der Waals surface area contributed by atoms with Crippen molar-refractivity contribution in [1.82, 2.24) is 9.97 Å². The Morgan fingerprint density at radius 2 is 2.38 bits per heavy atom. The van der Waals surface area contributed by atoms with E-state index in [-0.39, 0.29) is 0 Å². The summed E-state index contributed by atoms with van der Waals surface area (Å²) in [6.45, 7) is 0. The summed E-state index contributed by atoms with van der Waals surface area (Å²) in [6, 6.07) is 6.36. The van der Waals surface area contributed by atoms with Crippen molar-refractivity contribution in [3.8, 4) is 6.01 Å². The fraction of sp³-hybridized carbons (Fsp3) is 0.222. The van der Waals surface area contributed by atoms with Crippen LogP contribution < -0.4 is 4.74 Å². The number of nitrogens with one attached hydrogen (secondary N) is 1. The van der Waals surface area contributed by atoms with Crippen molar-refractivity contribution in [1.29, 1.82) is 0 Å². The quantitative estimate of drug-likeness (QED) is 0.749. The number of fused-ring (bicyclic) bond motifs is 1. The molecule has 68 valence electrons. The molecule has 2 rings (SSSR count). The van der Waals surface area contributed by atoms with E-state index in [2.05, 4.69) is 9.97 Å². The summed E-state index contributed by atoms with van der Waals surface area (Å²) in [4.78, 5) is 7.27. The van der Waals surface area contributed by atoms with Crippen molar-refractivity contribution in [2.24, 2.45) is 0 Å². The molecule has 0 bridgehead atoms. The second-order valence-corrected chi connectivity index (χ2v) is 2.96. The van der Waals surface area contributed by atoms with E-state index in [1.54, 1.807) is 7.11 Å². The second-order valence-electron chi connectivity index (χ2n) is 2.69. The van der Waals surface area contributed by atoms with Crippen molar-refractivity contribution in [2.75, 3.05) is 7.11 Å². The Balaban J connectivity index is 2.67. The average molecular weight is 197 g/mol. The molecule has 0 saturated heterocycles. The van der Waals surface area contributed by atoms with Gasteiger partial charge in [0.25, 0.3) is 6.01 Å². The lowest BCUT2D eigenvalue weighted by molar-refractivity contribution is 0.386. The van der Waals surface area contributed by atoms with Crippen molar-refractivity contribution in [2.45, 2.75) is 5.88 Å². The van der Waals surface area contributed by atoms with E-state index in [1.165, 1.54) is 0 Å². The summed E-state index contributed by atoms with van der Waals surface area (Å²) in [5.41, 5.74) is 2.85. The van der Waals surface area contributed by atoms with E-state index in [0.717, 1.165) is 16.6 Å². The minimum absolute atomic E-state index is 0.464. The number of alkyl halides is 1. The number of aromatic nitrogens is 2. The summed E-state index contributed by atoms with van der Waals surface area (Å²) < 4.78 is 4.99. The molecule has 3 nitrogen and oxygen atoms in total. The van der Waals surface area contributed by atoms with Crippen LogP contribution in [0.4, 0.5) is 0 Å². The monoisotopic (exact) mass is 196 g/mol. The summed E-state index contributed by atoms with van der Waals surface area (Å²) in [6.07, 6.45) is 0. The van der Waals surface area contributed by atoms with E-state index in [9.17, 15) is 0 Å². The molecule has 0 saturated carbocycles. The van der Waals surface area contributed by atoms with Gasteiger partial charge in [0.2, 0.25) is 0 Å². The number of para-hydroxylation sites is 1. The van der Waals surface area contributed by atoms with Crippen LogP contribution >= 0.6 is 11.6 Å². The average Bonchev–Trinajstić information content (AvgIpc) is 2.59. The maximum Gasteiger partial charge on any atom is 0.294 e. The first-order valence-corrected chi connectivity index (χ1v) is 4.46. The van der Waals surface area contributed by atoms with E-state index in [4.69, 9.17) is 16.3 Å². The molecular formula is C9H9ClN2O. The highest BCUT2D eigenvalue weighted by Gasteiger charge is 2.05. The van der Waals surface area contributed by atoms with Crippen molar-refractivity contribution in [3.05, 3.63) is 23.8 Å². The first kappa shape index (κ1) is 8.38. The molecule has 0 fully saturated rings. The number of nitrogens with zero attached hydrogens (tertiary/aromatic N) is 1. The highest BCUT2D eigenvalue weighted by molar-refractivity contribution is 6.17. The largest absolute Gasteiger partial charge is 0.468 e. The van der Waals surface area contributed by atoms with Gasteiger partial charge in [0.15, 0.2) is 0 Å². The highest BCUT2D eigenvalue weighted by atomic mass is 35.5. The molecule has 1 N–H and O–H groups in total. The number of aromatic amines is 1. The number of H-pyrrole nitrogens is 1. The number of benzene rings is 1. The molecule has 1 heterocycles. The summed E-state index contributed by atoms with van der Waals surface area (Å²) >= 11 is 5.76. The Morgan fingerprint density at radius 1 is 1.54 bits per heavy atom. The molecule has 0 aliphatic rings. The molecule has 0 amide bonds. The molecule has 0 radical (unpaired) electrons. The van der Waals surface area contributed by atoms with Crippen LogP contribution in [0.1, 0.15) is 5.56 Å². The lowest BCUT2D eigenvalue weighted by Crippen LogP contribution is -1.83. The van der Waals surface area contributed by atoms with Crippen LogP contribution in [0.2, 0.25) is 0 Å². The number of rotatable bonds is 2. The molecule has 0 aliphatic heterocycles. The fourth-order valence-corrected chi connectivity index (χ4v) is 1.49. The molecule has 0 spiro atoms. The number of imidazole rings is 1. The molecule has 1 aromatic carbocycles. The van der Waals surface area contributed by atoms with Gasteiger partial charge in [-0.25, -0.2) is 0 Å². The number of hydrogen-bond acceptors (Lipinski definition) is 2. The molecule has 0 unspecified atom stereocenters. The van der Waals surface area contributed by atoms with Crippen LogP contribution in [0.15, 0.2) is 18.2 Å². The predicted molar refractivity (Wildman–Crippen MR) is 52.2 cm³/mol. The Bertz CT molecular complexity index is 424. The summed E-state index contributed by atoms with van der Waals surface area (Å²) in [7, 11) is 1.58. The molecule has 2 aromatic rings. The smallest absolute Gasteiger partial charge is 0.294 e. The van der Waals surface area contributed by atoms with Crippen LogP contribution in [-0.2, 0) is 5.88 Å². The predicted octanol–water partition coefficient (Wildman–Crippen LogP) is 2.31. The Morgan fingerprint density at radius 3 is 3.08 bits per heavy atom. The third kappa shape index (κ3) is 1.35. The third-order valence-corrected chi connectivity index (χ3v) is 2.20. The van der Waals surface area contributed by atoms with E-state index in [1.807, 2.05) is 18.2 Å². The number of halogens is 1. The molecule has 0 aliphatic carbocycles. The Labute approximate surface area is 80.7 Å². The zero-order chi connectivity index (χ0) is 9.26. The van der Waals surface area contributed by atoms with E-state index >= 15 is 0 Å². The molecule has 13 heavy (non-hydrogen) atoms. The fourth-order valence-electron chi connectivity index (χ4n) is 1.27. The maximum absolute atomic E-state index is 5.76. The van der Waals surface area contributed by atoms with Gasteiger partial charge in [0.1, 0.15) is 0 Å². The molecule has 0 atom stereocenters. The summed E-state index contributed by atoms with van der Waals surface area (Å²) in [5, 5.41) is 0. The van der Waals surface area contributed by atoms with Crippen molar-refractivity contribution in [3.63, 3.8) is 0 Å². The van der Waals surface area contributed by atoms with Crippen molar-refractivity contribution < 1.29 is 4.74 Å². The highest BCUT2D eigenvalue weighted by Crippen LogP contribution is 2.20. The van der Waals surface area contributed by atoms with Gasteiger partial charge in [-0.1, -0.05) is 12.1 Å². The van der Waals surface area contributed by atoms with Gasteiger partial charge >= 0.3 is 0 Å². The lowest BCUT2D eigenvalue weighted by Gasteiger charge is -1.93. The van der Waals surface area contributed by atoms with Gasteiger partial charge < -0.3 is 9.72 Å². The minimum atomic E-state index is 0.464. The Kier molecular flexibility index (Phi) is 2.10. The zero-order valence-electron chi connectivity index (χ0n) is 7.17. The van der Waals surface area contributed by atoms with Gasteiger partial charge in [0, 0.05) is 5.88 Å². The number of hydrogen-bond donors (Lipinski definition) is 1. The molecule has 4 heteroatoms. The first-order valence-electron chi connectivity index (χ1n) is 3.92. The second kappa shape index (κ2) is 3.26. The van der Waals surface area contributed by atoms with Gasteiger partial charge in [-0.15, -0.1) is 11.6 Å². The van der Waals surface area contributed by atoms with Gasteiger partial charge in [0.05, 0.1) is 18.1 Å². The van der Waals surface area contributed by atoms with Gasteiger partial charge in [-0.3, -0.25) is 0 Å². The molecular weight excluding hydrogens is 188 g/mol. The third-order valence-electron chi connectivity index (χ3n) is 1.91. The maximum atomic E-state index is 5.76. The Hall–Kier alpha value is -1.22. The normalized spacial score (nSPS) is 10.6. The number of ether oxygens (including phenoxy) is 1. The van der Waals surface area contributed by atoms with Crippen LogP contribution in [-0.4, -0.2) is 17.1 Å². The minimum Gasteiger partial charge on any atom is -0.468 e. The zero-order valence-corrected chi connectivity index (χ0v) is 7.93. The lowest BCUT2D eigenvalue weighted by atomic mass is 10.2. The van der Waals surface area contributed by atoms with E-state index in [0.29, 0.717) is 11.9 Å². The topological polar surface area (TPSA) is 37.9 Å². The summed E-state index contributed by atoms with van der Waals surface area (Å²) in [5.74, 6) is 0.464. The number of methoxy groups -OCH3 is 1. The SMILES string of the molecule is COc1nc2c(CCl)cccc2[nH]1. The standard InChI is InChI=1S/C9H9ClN2O/c1-13-9-11-7-4-2-3-6(5-10)8(7)12-9/h2-4H,5H2,1H3,(H,11,12). The van der Waals surface area contributed by atoms with Crippen molar-refractivity contribution >= 4 is 22.6 Å². The van der Waals surface area contributed by atoms with Crippen LogP contribution in [0.5, 0.6) is 6.01 Å². The van der Waals surface area contributed by atoms with Crippen LogP contribution in [0.3, 0.4) is 0 Å².